The van der Waals surface area contributed by atoms with Crippen molar-refractivity contribution < 1.29 is 9.53 Å². The zero-order valence-corrected chi connectivity index (χ0v) is 12.9. The number of nitrogen functional groups attached to an aromatic ring is 1. The number of nitrogens with two attached hydrogens (primary N) is 1. The van der Waals surface area contributed by atoms with Crippen LogP contribution in [0.2, 0.25) is 0 Å². The highest BCUT2D eigenvalue weighted by Crippen LogP contribution is 2.34. The number of hydrogen-bond acceptors (Lipinski definition) is 4. The van der Waals surface area contributed by atoms with E-state index in [1.54, 1.807) is 19.1 Å². The molecule has 5 heteroatoms. The van der Waals surface area contributed by atoms with Crippen LogP contribution in [0.1, 0.15) is 21.7 Å². The van der Waals surface area contributed by atoms with Gasteiger partial charge in [0.2, 0.25) is 0 Å². The first-order chi connectivity index (χ1) is 9.54. The first kappa shape index (κ1) is 14.8. The highest BCUT2D eigenvalue weighted by Gasteiger charge is 2.19. The lowest BCUT2D eigenvalue weighted by molar-refractivity contribution is 0.0785. The highest BCUT2D eigenvalue weighted by molar-refractivity contribution is 7.21. The van der Waals surface area contributed by atoms with Gasteiger partial charge in [0, 0.05) is 37.4 Å². The molecule has 0 saturated heterocycles. The van der Waals surface area contributed by atoms with E-state index in [0.29, 0.717) is 23.7 Å². The minimum absolute atomic E-state index is 0.0162. The van der Waals surface area contributed by atoms with E-state index in [9.17, 15) is 4.79 Å². The number of hydrogen-bond donors (Lipinski definition) is 1. The Morgan fingerprint density at radius 2 is 2.20 bits per heavy atom. The topological polar surface area (TPSA) is 55.6 Å². The van der Waals surface area contributed by atoms with Gasteiger partial charge >= 0.3 is 0 Å². The molecule has 0 aliphatic carbocycles. The largest absolute Gasteiger partial charge is 0.397 e. The molecule has 0 saturated carbocycles. The number of aryl methyl sites for hydroxylation is 1. The Morgan fingerprint density at radius 1 is 1.45 bits per heavy atom. The summed E-state index contributed by atoms with van der Waals surface area (Å²) in [6.07, 6.45) is 0.822. The Morgan fingerprint density at radius 3 is 2.90 bits per heavy atom. The van der Waals surface area contributed by atoms with Gasteiger partial charge in [0.15, 0.2) is 0 Å². The van der Waals surface area contributed by atoms with Gasteiger partial charge in [0.1, 0.15) is 4.88 Å². The van der Waals surface area contributed by atoms with Crippen LogP contribution in [-0.2, 0) is 4.74 Å². The Hall–Kier alpha value is -1.59. The lowest BCUT2D eigenvalue weighted by Crippen LogP contribution is -2.28. The standard InChI is InChI=1S/C15H20N2O2S/c1-10-5-6-12-11(9-10)13(16)14(20-12)15(18)17(2)7-4-8-19-3/h5-6,9H,4,7-8,16H2,1-3H3. The molecule has 0 radical (unpaired) electrons. The van der Waals surface area contributed by atoms with Crippen LogP contribution in [0.15, 0.2) is 18.2 Å². The van der Waals surface area contributed by atoms with E-state index in [2.05, 4.69) is 0 Å². The van der Waals surface area contributed by atoms with Crippen molar-refractivity contribution in [2.75, 3.05) is 33.0 Å². The average molecular weight is 292 g/mol. The van der Waals surface area contributed by atoms with Gasteiger partial charge in [-0.15, -0.1) is 11.3 Å². The lowest BCUT2D eigenvalue weighted by atomic mass is 10.1. The molecule has 2 rings (SSSR count). The third-order valence-electron chi connectivity index (χ3n) is 3.26. The number of anilines is 1. The molecule has 0 atom stereocenters. The van der Waals surface area contributed by atoms with Crippen LogP contribution in [0.25, 0.3) is 10.1 Å². The zero-order chi connectivity index (χ0) is 14.7. The molecule has 0 spiro atoms. The van der Waals surface area contributed by atoms with E-state index in [0.717, 1.165) is 22.1 Å². The number of rotatable bonds is 5. The summed E-state index contributed by atoms with van der Waals surface area (Å²) in [5.41, 5.74) is 7.88. The second kappa shape index (κ2) is 6.24. The quantitative estimate of drug-likeness (QED) is 0.862. The number of thiophene rings is 1. The van der Waals surface area contributed by atoms with E-state index in [-0.39, 0.29) is 5.91 Å². The normalized spacial score (nSPS) is 10.9. The number of fused-ring (bicyclic) bond motifs is 1. The summed E-state index contributed by atoms with van der Waals surface area (Å²) in [7, 11) is 3.46. The minimum atomic E-state index is -0.0162. The van der Waals surface area contributed by atoms with Crippen molar-refractivity contribution in [3.8, 4) is 0 Å². The number of ether oxygens (including phenoxy) is 1. The Kier molecular flexibility index (Phi) is 4.62. The monoisotopic (exact) mass is 292 g/mol. The maximum atomic E-state index is 12.4. The van der Waals surface area contributed by atoms with Crippen LogP contribution in [0.3, 0.4) is 0 Å². The highest BCUT2D eigenvalue weighted by atomic mass is 32.1. The summed E-state index contributed by atoms with van der Waals surface area (Å²) in [5, 5.41) is 0.976. The molecule has 108 valence electrons. The van der Waals surface area contributed by atoms with Crippen molar-refractivity contribution in [3.05, 3.63) is 28.6 Å². The molecule has 0 fully saturated rings. The number of carbonyl (C=O) groups excluding carboxylic acids is 1. The van der Waals surface area contributed by atoms with Crippen molar-refractivity contribution in [1.29, 1.82) is 0 Å². The van der Waals surface area contributed by atoms with Crippen LogP contribution in [0.5, 0.6) is 0 Å². The molecule has 20 heavy (non-hydrogen) atoms. The lowest BCUT2D eigenvalue weighted by Gasteiger charge is -2.16. The Labute approximate surface area is 123 Å². The molecule has 2 aromatic rings. The predicted molar refractivity (Wildman–Crippen MR) is 84.4 cm³/mol. The summed E-state index contributed by atoms with van der Waals surface area (Å²) >= 11 is 1.46. The van der Waals surface area contributed by atoms with Crippen molar-refractivity contribution in [2.45, 2.75) is 13.3 Å². The van der Waals surface area contributed by atoms with Gasteiger partial charge in [-0.05, 0) is 25.5 Å². The van der Waals surface area contributed by atoms with Gasteiger partial charge in [-0.3, -0.25) is 4.79 Å². The molecule has 1 heterocycles. The maximum absolute atomic E-state index is 12.4. The fourth-order valence-corrected chi connectivity index (χ4v) is 3.21. The molecule has 1 aromatic heterocycles. The molecule has 0 aliphatic heterocycles. The summed E-state index contributed by atoms with van der Waals surface area (Å²) in [6, 6.07) is 6.09. The third-order valence-corrected chi connectivity index (χ3v) is 4.44. The van der Waals surface area contributed by atoms with Gasteiger partial charge in [0.25, 0.3) is 5.91 Å². The van der Waals surface area contributed by atoms with Crippen LogP contribution in [-0.4, -0.2) is 38.1 Å². The van der Waals surface area contributed by atoms with E-state index >= 15 is 0 Å². The minimum Gasteiger partial charge on any atom is -0.397 e. The third kappa shape index (κ3) is 2.94. The molecular weight excluding hydrogens is 272 g/mol. The first-order valence-electron chi connectivity index (χ1n) is 6.57. The first-order valence-corrected chi connectivity index (χ1v) is 7.39. The molecule has 0 unspecified atom stereocenters. The zero-order valence-electron chi connectivity index (χ0n) is 12.1. The SMILES string of the molecule is COCCCN(C)C(=O)c1sc2ccc(C)cc2c1N. The molecular formula is C15H20N2O2S. The van der Waals surface area contributed by atoms with Crippen LogP contribution in [0.4, 0.5) is 5.69 Å². The van der Waals surface area contributed by atoms with E-state index in [1.807, 2.05) is 25.1 Å². The van der Waals surface area contributed by atoms with E-state index in [4.69, 9.17) is 10.5 Å². The fraction of sp³-hybridized carbons (Fsp3) is 0.400. The maximum Gasteiger partial charge on any atom is 0.265 e. The van der Waals surface area contributed by atoms with Gasteiger partial charge in [-0.1, -0.05) is 11.6 Å². The van der Waals surface area contributed by atoms with Crippen LogP contribution in [0, 0.1) is 6.92 Å². The van der Waals surface area contributed by atoms with Crippen molar-refractivity contribution >= 4 is 33.0 Å². The average Bonchev–Trinajstić information content (AvgIpc) is 2.75. The van der Waals surface area contributed by atoms with Crippen molar-refractivity contribution in [2.24, 2.45) is 0 Å². The number of amides is 1. The van der Waals surface area contributed by atoms with Crippen LogP contribution < -0.4 is 5.73 Å². The summed E-state index contributed by atoms with van der Waals surface area (Å²) in [5.74, 6) is -0.0162. The molecule has 0 bridgehead atoms. The summed E-state index contributed by atoms with van der Waals surface area (Å²) < 4.78 is 6.06. The molecule has 1 amide bonds. The number of benzene rings is 1. The van der Waals surface area contributed by atoms with E-state index < -0.39 is 0 Å². The molecule has 4 nitrogen and oxygen atoms in total. The van der Waals surface area contributed by atoms with Crippen molar-refractivity contribution in [1.82, 2.24) is 4.90 Å². The molecule has 0 aliphatic rings. The van der Waals surface area contributed by atoms with Crippen molar-refractivity contribution in [3.63, 3.8) is 0 Å². The molecule has 2 N–H and O–H groups in total. The van der Waals surface area contributed by atoms with E-state index in [1.165, 1.54) is 11.3 Å². The molecule has 1 aromatic carbocycles. The van der Waals surface area contributed by atoms with Gasteiger partial charge < -0.3 is 15.4 Å². The summed E-state index contributed by atoms with van der Waals surface area (Å²) in [6.45, 7) is 3.34. The van der Waals surface area contributed by atoms with Crippen LogP contribution >= 0.6 is 11.3 Å². The number of carbonyl (C=O) groups is 1. The fourth-order valence-electron chi connectivity index (χ4n) is 2.11. The van der Waals surface area contributed by atoms with Gasteiger partial charge in [-0.25, -0.2) is 0 Å². The second-order valence-electron chi connectivity index (χ2n) is 4.92. The Bertz CT molecular complexity index is 622. The van der Waals surface area contributed by atoms with Gasteiger partial charge in [0.05, 0.1) is 5.69 Å². The Balaban J connectivity index is 2.24. The summed E-state index contributed by atoms with van der Waals surface area (Å²) in [4.78, 5) is 14.8. The van der Waals surface area contributed by atoms with Gasteiger partial charge in [-0.2, -0.15) is 0 Å². The predicted octanol–water partition coefficient (Wildman–Crippen LogP) is 2.90. The second-order valence-corrected chi connectivity index (χ2v) is 5.97. The number of nitrogens with zero attached hydrogens (tertiary/aromatic N) is 1. The number of methoxy groups -OCH3 is 1. The smallest absolute Gasteiger partial charge is 0.265 e.